The van der Waals surface area contributed by atoms with Crippen LogP contribution in [0, 0.1) is 0 Å². The SMILES string of the molecule is CN(CC(Oc1ccc(C=O)cc1)N(C)C(=O)OCc1ccccc1)C(=O)OCc1ccccc1. The predicted molar refractivity (Wildman–Crippen MR) is 130 cm³/mol. The lowest BCUT2D eigenvalue weighted by Crippen LogP contribution is -2.48. The number of ether oxygens (including phenoxy) is 3. The number of carbonyl (C=O) groups is 3. The predicted octanol–water partition coefficient (Wildman–Crippen LogP) is 4.74. The molecule has 0 saturated carbocycles. The van der Waals surface area contributed by atoms with Gasteiger partial charge in [-0.1, -0.05) is 60.7 Å². The molecule has 0 heterocycles. The smallest absolute Gasteiger partial charge is 0.412 e. The summed E-state index contributed by atoms with van der Waals surface area (Å²) < 4.78 is 16.8. The lowest BCUT2D eigenvalue weighted by molar-refractivity contribution is 0.00732. The Hall–Kier alpha value is -4.33. The highest BCUT2D eigenvalue weighted by Gasteiger charge is 2.27. The second-order valence-corrected chi connectivity index (χ2v) is 7.83. The fraction of sp³-hybridized carbons (Fsp3) is 0.222. The van der Waals surface area contributed by atoms with E-state index in [9.17, 15) is 14.4 Å². The third kappa shape index (κ3) is 7.89. The minimum Gasteiger partial charge on any atom is -0.468 e. The summed E-state index contributed by atoms with van der Waals surface area (Å²) in [5, 5.41) is 0. The van der Waals surface area contributed by atoms with Crippen molar-refractivity contribution in [3.8, 4) is 5.75 Å². The van der Waals surface area contributed by atoms with Crippen LogP contribution in [-0.2, 0) is 22.7 Å². The first kappa shape index (κ1) is 25.3. The molecule has 3 aromatic rings. The van der Waals surface area contributed by atoms with Gasteiger partial charge in [0.1, 0.15) is 25.2 Å². The Kier molecular flexibility index (Phi) is 9.24. The third-order valence-corrected chi connectivity index (χ3v) is 5.16. The molecular formula is C27H28N2O6. The van der Waals surface area contributed by atoms with E-state index >= 15 is 0 Å². The molecule has 182 valence electrons. The monoisotopic (exact) mass is 476 g/mol. The zero-order chi connectivity index (χ0) is 25.0. The summed E-state index contributed by atoms with van der Waals surface area (Å²) in [4.78, 5) is 38.9. The molecule has 0 radical (unpaired) electrons. The molecule has 3 rings (SSSR count). The number of benzene rings is 3. The van der Waals surface area contributed by atoms with Crippen molar-refractivity contribution in [2.24, 2.45) is 0 Å². The molecule has 0 spiro atoms. The van der Waals surface area contributed by atoms with Gasteiger partial charge >= 0.3 is 12.2 Å². The van der Waals surface area contributed by atoms with E-state index in [0.29, 0.717) is 11.3 Å². The average Bonchev–Trinajstić information content (AvgIpc) is 2.91. The van der Waals surface area contributed by atoms with E-state index in [0.717, 1.165) is 17.4 Å². The van der Waals surface area contributed by atoms with Crippen LogP contribution in [0.2, 0.25) is 0 Å². The molecule has 1 atom stereocenters. The minimum atomic E-state index is -0.880. The Balaban J connectivity index is 1.66. The zero-order valence-electron chi connectivity index (χ0n) is 19.7. The number of rotatable bonds is 10. The highest BCUT2D eigenvalue weighted by atomic mass is 16.6. The second kappa shape index (κ2) is 12.8. The molecule has 1 unspecified atom stereocenters. The largest absolute Gasteiger partial charge is 0.468 e. The topological polar surface area (TPSA) is 85.4 Å². The Bertz CT molecular complexity index is 1090. The van der Waals surface area contributed by atoms with Crippen molar-refractivity contribution in [1.82, 2.24) is 9.80 Å². The number of nitrogens with zero attached hydrogens (tertiary/aromatic N) is 2. The fourth-order valence-electron chi connectivity index (χ4n) is 3.10. The molecule has 0 fully saturated rings. The van der Waals surface area contributed by atoms with Crippen molar-refractivity contribution in [2.45, 2.75) is 19.4 Å². The van der Waals surface area contributed by atoms with Gasteiger partial charge in [0.2, 0.25) is 0 Å². The summed E-state index contributed by atoms with van der Waals surface area (Å²) in [5.41, 5.74) is 2.20. The van der Waals surface area contributed by atoms with Gasteiger partial charge in [0.15, 0.2) is 6.23 Å². The zero-order valence-corrected chi connectivity index (χ0v) is 19.7. The van der Waals surface area contributed by atoms with Gasteiger partial charge in [0, 0.05) is 19.7 Å². The van der Waals surface area contributed by atoms with Gasteiger partial charge in [-0.3, -0.25) is 9.69 Å². The maximum absolute atomic E-state index is 12.8. The molecule has 35 heavy (non-hydrogen) atoms. The first-order valence-corrected chi connectivity index (χ1v) is 11.0. The number of aldehydes is 1. The molecular weight excluding hydrogens is 448 g/mol. The Morgan fingerprint density at radius 2 is 1.29 bits per heavy atom. The quantitative estimate of drug-likeness (QED) is 0.310. The van der Waals surface area contributed by atoms with Crippen molar-refractivity contribution in [2.75, 3.05) is 20.6 Å². The first-order chi connectivity index (χ1) is 17.0. The Labute approximate surface area is 204 Å². The average molecular weight is 477 g/mol. The third-order valence-electron chi connectivity index (χ3n) is 5.16. The highest BCUT2D eigenvalue weighted by molar-refractivity contribution is 5.74. The van der Waals surface area contributed by atoms with Crippen LogP contribution in [0.4, 0.5) is 9.59 Å². The van der Waals surface area contributed by atoms with Crippen molar-refractivity contribution in [3.05, 3.63) is 102 Å². The molecule has 0 aliphatic carbocycles. The molecule has 0 aromatic heterocycles. The molecule has 0 aliphatic heterocycles. The normalized spacial score (nSPS) is 11.1. The summed E-state index contributed by atoms with van der Waals surface area (Å²) in [6.45, 7) is 0.233. The number of amides is 2. The Morgan fingerprint density at radius 3 is 1.80 bits per heavy atom. The van der Waals surface area contributed by atoms with Crippen LogP contribution in [0.1, 0.15) is 21.5 Å². The van der Waals surface area contributed by atoms with E-state index in [-0.39, 0.29) is 19.8 Å². The summed E-state index contributed by atoms with van der Waals surface area (Å²) in [7, 11) is 3.09. The van der Waals surface area contributed by atoms with Crippen LogP contribution in [0.15, 0.2) is 84.9 Å². The molecule has 8 heteroatoms. The maximum atomic E-state index is 12.8. The summed E-state index contributed by atoms with van der Waals surface area (Å²) in [5.74, 6) is 0.425. The summed E-state index contributed by atoms with van der Waals surface area (Å²) in [6, 6.07) is 25.1. The van der Waals surface area contributed by atoms with Crippen LogP contribution in [-0.4, -0.2) is 55.1 Å². The number of likely N-dealkylation sites (N-methyl/N-ethyl adjacent to an activating group) is 2. The van der Waals surface area contributed by atoms with Crippen LogP contribution < -0.4 is 4.74 Å². The minimum absolute atomic E-state index is 0.0139. The highest BCUT2D eigenvalue weighted by Crippen LogP contribution is 2.16. The van der Waals surface area contributed by atoms with Gasteiger partial charge in [-0.15, -0.1) is 0 Å². The van der Waals surface area contributed by atoms with Crippen molar-refractivity contribution >= 4 is 18.5 Å². The molecule has 0 bridgehead atoms. The maximum Gasteiger partial charge on any atom is 0.412 e. The van der Waals surface area contributed by atoms with Gasteiger partial charge in [-0.05, 0) is 35.4 Å². The van der Waals surface area contributed by atoms with E-state index in [2.05, 4.69) is 0 Å². The second-order valence-electron chi connectivity index (χ2n) is 7.83. The molecule has 0 aliphatic rings. The van der Waals surface area contributed by atoms with E-state index in [4.69, 9.17) is 14.2 Å². The molecule has 2 amide bonds. The fourth-order valence-corrected chi connectivity index (χ4v) is 3.10. The van der Waals surface area contributed by atoms with Crippen molar-refractivity contribution < 1.29 is 28.6 Å². The molecule has 0 N–H and O–H groups in total. The van der Waals surface area contributed by atoms with Gasteiger partial charge in [-0.25, -0.2) is 9.59 Å². The summed E-state index contributed by atoms with van der Waals surface area (Å²) in [6.07, 6.45) is -1.33. The Morgan fingerprint density at radius 1 is 0.771 bits per heavy atom. The van der Waals surface area contributed by atoms with Crippen LogP contribution in [0.25, 0.3) is 0 Å². The number of hydrogen-bond acceptors (Lipinski definition) is 6. The number of carbonyl (C=O) groups excluding carboxylic acids is 3. The molecule has 3 aromatic carbocycles. The van der Waals surface area contributed by atoms with Crippen LogP contribution in [0.5, 0.6) is 5.75 Å². The van der Waals surface area contributed by atoms with Crippen molar-refractivity contribution in [1.29, 1.82) is 0 Å². The van der Waals surface area contributed by atoms with E-state index in [1.807, 2.05) is 60.7 Å². The molecule has 8 nitrogen and oxygen atoms in total. The molecule has 0 saturated heterocycles. The summed E-state index contributed by atoms with van der Waals surface area (Å²) >= 11 is 0. The van der Waals surface area contributed by atoms with Gasteiger partial charge in [0.05, 0.1) is 6.54 Å². The van der Waals surface area contributed by atoms with E-state index in [1.165, 1.54) is 16.8 Å². The van der Waals surface area contributed by atoms with Gasteiger partial charge < -0.3 is 19.1 Å². The first-order valence-electron chi connectivity index (χ1n) is 11.0. The van der Waals surface area contributed by atoms with Crippen LogP contribution >= 0.6 is 0 Å². The van der Waals surface area contributed by atoms with E-state index in [1.54, 1.807) is 31.3 Å². The van der Waals surface area contributed by atoms with E-state index < -0.39 is 18.4 Å². The van der Waals surface area contributed by atoms with Crippen molar-refractivity contribution in [3.63, 3.8) is 0 Å². The standard InChI is InChI=1S/C27H28N2O6/c1-28(26(31)33-19-22-9-5-3-6-10-22)17-25(35-24-15-13-21(18-30)14-16-24)29(2)27(32)34-20-23-11-7-4-8-12-23/h3-16,18,25H,17,19-20H2,1-2H3. The lowest BCUT2D eigenvalue weighted by Gasteiger charge is -2.31. The van der Waals surface area contributed by atoms with Crippen LogP contribution in [0.3, 0.4) is 0 Å². The van der Waals surface area contributed by atoms with Gasteiger partial charge in [-0.2, -0.15) is 0 Å². The van der Waals surface area contributed by atoms with Gasteiger partial charge in [0.25, 0.3) is 0 Å². The lowest BCUT2D eigenvalue weighted by atomic mass is 10.2. The number of hydrogen-bond donors (Lipinski definition) is 0.